The van der Waals surface area contributed by atoms with Crippen LogP contribution in [0.2, 0.25) is 0 Å². The molecule has 0 fully saturated rings. The molecule has 2 aromatic rings. The summed E-state index contributed by atoms with van der Waals surface area (Å²) < 4.78 is 13.8. The number of hydrogen-bond acceptors (Lipinski definition) is 2. The molecule has 0 aliphatic carbocycles. The monoisotopic (exact) mass is 218 g/mol. The van der Waals surface area contributed by atoms with E-state index in [1.165, 1.54) is 18.6 Å². The van der Waals surface area contributed by atoms with E-state index in [1.807, 2.05) is 13.0 Å². The molecule has 0 unspecified atom stereocenters. The van der Waals surface area contributed by atoms with Gasteiger partial charge in [0.05, 0.1) is 11.9 Å². The molecule has 0 radical (unpaired) electrons. The highest BCUT2D eigenvalue weighted by Gasteiger charge is 2.12. The van der Waals surface area contributed by atoms with Crippen LogP contribution in [0.3, 0.4) is 0 Å². The van der Waals surface area contributed by atoms with Gasteiger partial charge in [0, 0.05) is 11.8 Å². The topological polar surface area (TPSA) is 45.8 Å². The maximum atomic E-state index is 13.8. The highest BCUT2D eigenvalue weighted by atomic mass is 19.1. The zero-order chi connectivity index (χ0) is 11.7. The van der Waals surface area contributed by atoms with Gasteiger partial charge in [0.1, 0.15) is 5.82 Å². The summed E-state index contributed by atoms with van der Waals surface area (Å²) in [4.78, 5) is 17.8. The lowest BCUT2D eigenvalue weighted by atomic mass is 10.00. The van der Waals surface area contributed by atoms with Crippen LogP contribution in [0.25, 0.3) is 11.1 Å². The number of aromatic nitrogens is 2. The molecule has 0 saturated carbocycles. The second-order valence-electron chi connectivity index (χ2n) is 3.73. The fourth-order valence-corrected chi connectivity index (χ4v) is 1.78. The van der Waals surface area contributed by atoms with Gasteiger partial charge in [-0.05, 0) is 31.0 Å². The first-order valence-electron chi connectivity index (χ1n) is 4.89. The summed E-state index contributed by atoms with van der Waals surface area (Å²) in [5.41, 5.74) is 1.81. The summed E-state index contributed by atoms with van der Waals surface area (Å²) >= 11 is 0. The SMILES string of the molecule is Cc1cc(C)c(-c2cnc[nH]c2=O)c(F)c1. The number of aryl methyl sites for hydroxylation is 2. The minimum atomic E-state index is -0.393. The highest BCUT2D eigenvalue weighted by Crippen LogP contribution is 2.24. The van der Waals surface area contributed by atoms with Gasteiger partial charge < -0.3 is 4.98 Å². The van der Waals surface area contributed by atoms with Crippen LogP contribution in [0.15, 0.2) is 29.5 Å². The molecular formula is C12H11FN2O. The fraction of sp³-hybridized carbons (Fsp3) is 0.167. The van der Waals surface area contributed by atoms with E-state index in [9.17, 15) is 9.18 Å². The predicted molar refractivity (Wildman–Crippen MR) is 59.7 cm³/mol. The Balaban J connectivity index is 2.75. The molecule has 0 aliphatic heterocycles. The lowest BCUT2D eigenvalue weighted by molar-refractivity contribution is 0.628. The third-order valence-corrected chi connectivity index (χ3v) is 2.42. The molecule has 2 rings (SSSR count). The Morgan fingerprint density at radius 2 is 2.06 bits per heavy atom. The minimum absolute atomic E-state index is 0.262. The summed E-state index contributed by atoms with van der Waals surface area (Å²) in [5.74, 6) is -0.393. The van der Waals surface area contributed by atoms with Crippen molar-refractivity contribution >= 4 is 0 Å². The van der Waals surface area contributed by atoms with E-state index in [-0.39, 0.29) is 11.1 Å². The molecule has 82 valence electrons. The van der Waals surface area contributed by atoms with Gasteiger partial charge in [0.15, 0.2) is 0 Å². The molecule has 1 aromatic heterocycles. The Kier molecular flexibility index (Phi) is 2.56. The zero-order valence-electron chi connectivity index (χ0n) is 9.04. The first kappa shape index (κ1) is 10.5. The Hall–Kier alpha value is -1.97. The van der Waals surface area contributed by atoms with E-state index in [4.69, 9.17) is 0 Å². The van der Waals surface area contributed by atoms with E-state index in [0.717, 1.165) is 11.1 Å². The Bertz CT molecular complexity index is 567. The summed E-state index contributed by atoms with van der Waals surface area (Å²) in [6.07, 6.45) is 2.66. The normalized spacial score (nSPS) is 10.4. The molecule has 3 nitrogen and oxygen atoms in total. The van der Waals surface area contributed by atoms with E-state index in [0.29, 0.717) is 5.56 Å². The van der Waals surface area contributed by atoms with Crippen molar-refractivity contribution in [3.05, 3.63) is 52.0 Å². The van der Waals surface area contributed by atoms with Gasteiger partial charge in [-0.3, -0.25) is 4.79 Å². The molecule has 0 bridgehead atoms. The van der Waals surface area contributed by atoms with Crippen molar-refractivity contribution in [3.8, 4) is 11.1 Å². The Labute approximate surface area is 92.0 Å². The second kappa shape index (κ2) is 3.89. The first-order chi connectivity index (χ1) is 7.59. The van der Waals surface area contributed by atoms with Crippen molar-refractivity contribution in [1.29, 1.82) is 0 Å². The summed E-state index contributed by atoms with van der Waals surface area (Å²) in [7, 11) is 0. The molecule has 1 N–H and O–H groups in total. The van der Waals surface area contributed by atoms with Crippen LogP contribution in [0, 0.1) is 19.7 Å². The van der Waals surface area contributed by atoms with Crippen LogP contribution in [0.1, 0.15) is 11.1 Å². The third kappa shape index (κ3) is 1.74. The maximum absolute atomic E-state index is 13.8. The quantitative estimate of drug-likeness (QED) is 0.797. The van der Waals surface area contributed by atoms with Crippen LogP contribution in [-0.4, -0.2) is 9.97 Å². The van der Waals surface area contributed by atoms with Gasteiger partial charge in [0.25, 0.3) is 5.56 Å². The predicted octanol–water partition coefficient (Wildman–Crippen LogP) is 2.19. The van der Waals surface area contributed by atoms with Gasteiger partial charge >= 0.3 is 0 Å². The number of halogens is 1. The van der Waals surface area contributed by atoms with Crippen molar-refractivity contribution in [2.45, 2.75) is 13.8 Å². The van der Waals surface area contributed by atoms with E-state index >= 15 is 0 Å². The number of benzene rings is 1. The Morgan fingerprint density at radius 3 is 2.69 bits per heavy atom. The van der Waals surface area contributed by atoms with Crippen molar-refractivity contribution in [2.24, 2.45) is 0 Å². The number of hydrogen-bond donors (Lipinski definition) is 1. The van der Waals surface area contributed by atoms with Gasteiger partial charge in [-0.15, -0.1) is 0 Å². The van der Waals surface area contributed by atoms with Gasteiger partial charge in [-0.1, -0.05) is 6.07 Å². The van der Waals surface area contributed by atoms with Crippen LogP contribution in [0.4, 0.5) is 4.39 Å². The average molecular weight is 218 g/mol. The lowest BCUT2D eigenvalue weighted by Crippen LogP contribution is -2.10. The van der Waals surface area contributed by atoms with Crippen LogP contribution in [-0.2, 0) is 0 Å². The number of rotatable bonds is 1. The van der Waals surface area contributed by atoms with Gasteiger partial charge in [-0.25, -0.2) is 9.37 Å². The molecule has 0 saturated heterocycles. The van der Waals surface area contributed by atoms with E-state index in [1.54, 1.807) is 6.92 Å². The van der Waals surface area contributed by atoms with Crippen molar-refractivity contribution in [1.82, 2.24) is 9.97 Å². The van der Waals surface area contributed by atoms with E-state index < -0.39 is 5.82 Å². The zero-order valence-corrected chi connectivity index (χ0v) is 9.04. The molecule has 1 aromatic carbocycles. The average Bonchev–Trinajstić information content (AvgIpc) is 2.19. The molecule has 0 spiro atoms. The summed E-state index contributed by atoms with van der Waals surface area (Å²) in [6.45, 7) is 3.59. The summed E-state index contributed by atoms with van der Waals surface area (Å²) in [5, 5.41) is 0. The van der Waals surface area contributed by atoms with Crippen molar-refractivity contribution in [3.63, 3.8) is 0 Å². The smallest absolute Gasteiger partial charge is 0.258 e. The minimum Gasteiger partial charge on any atom is -0.313 e. The molecule has 0 aliphatic rings. The maximum Gasteiger partial charge on any atom is 0.258 e. The van der Waals surface area contributed by atoms with Gasteiger partial charge in [0.2, 0.25) is 0 Å². The lowest BCUT2D eigenvalue weighted by Gasteiger charge is -2.07. The molecular weight excluding hydrogens is 207 g/mol. The first-order valence-corrected chi connectivity index (χ1v) is 4.89. The number of aromatic amines is 1. The summed E-state index contributed by atoms with van der Waals surface area (Å²) in [6, 6.07) is 3.25. The second-order valence-corrected chi connectivity index (χ2v) is 3.73. The molecule has 16 heavy (non-hydrogen) atoms. The Morgan fingerprint density at radius 1 is 1.31 bits per heavy atom. The van der Waals surface area contributed by atoms with Crippen molar-refractivity contribution in [2.75, 3.05) is 0 Å². The molecule has 0 amide bonds. The van der Waals surface area contributed by atoms with Crippen molar-refractivity contribution < 1.29 is 4.39 Å². The van der Waals surface area contributed by atoms with Crippen LogP contribution in [0.5, 0.6) is 0 Å². The van der Waals surface area contributed by atoms with Crippen LogP contribution >= 0.6 is 0 Å². The standard InChI is InChI=1S/C12H11FN2O/c1-7-3-8(2)11(10(13)4-7)9-5-14-6-15-12(9)16/h3-6H,1-2H3,(H,14,15,16). The fourth-order valence-electron chi connectivity index (χ4n) is 1.78. The molecule has 1 heterocycles. The third-order valence-electron chi connectivity index (χ3n) is 2.42. The molecule has 4 heteroatoms. The number of nitrogens with zero attached hydrogens (tertiary/aromatic N) is 1. The number of nitrogens with one attached hydrogen (secondary N) is 1. The number of H-pyrrole nitrogens is 1. The van der Waals surface area contributed by atoms with Gasteiger partial charge in [-0.2, -0.15) is 0 Å². The van der Waals surface area contributed by atoms with Crippen LogP contribution < -0.4 is 5.56 Å². The molecule has 0 atom stereocenters. The largest absolute Gasteiger partial charge is 0.313 e. The van der Waals surface area contributed by atoms with E-state index in [2.05, 4.69) is 9.97 Å². The highest BCUT2D eigenvalue weighted by molar-refractivity contribution is 5.66.